The molecule has 0 bridgehead atoms. The van der Waals surface area contributed by atoms with Gasteiger partial charge in [-0.2, -0.15) is 0 Å². The molecule has 70 valence electrons. The lowest BCUT2D eigenvalue weighted by Crippen LogP contribution is -2.12. The third kappa shape index (κ3) is 1.25. The van der Waals surface area contributed by atoms with Crippen molar-refractivity contribution >= 4 is 0 Å². The molecule has 2 rings (SSSR count). The maximum absolute atomic E-state index is 9.32. The van der Waals surface area contributed by atoms with Crippen LogP contribution in [-0.4, -0.2) is 17.3 Å². The highest BCUT2D eigenvalue weighted by Crippen LogP contribution is 2.37. The second kappa shape index (κ2) is 2.92. The molecule has 0 aromatic heterocycles. The van der Waals surface area contributed by atoms with E-state index < -0.39 is 0 Å². The van der Waals surface area contributed by atoms with E-state index in [2.05, 4.69) is 5.32 Å². The molecule has 1 atom stereocenters. The second-order valence-corrected chi connectivity index (χ2v) is 3.42. The van der Waals surface area contributed by atoms with Gasteiger partial charge in [0.05, 0.1) is 0 Å². The lowest BCUT2D eigenvalue weighted by molar-refractivity contribution is 0.402. The van der Waals surface area contributed by atoms with Gasteiger partial charge in [-0.3, -0.25) is 0 Å². The van der Waals surface area contributed by atoms with Crippen LogP contribution in [-0.2, 0) is 6.42 Å². The Morgan fingerprint density at radius 3 is 2.69 bits per heavy atom. The van der Waals surface area contributed by atoms with E-state index in [-0.39, 0.29) is 11.5 Å². The van der Waals surface area contributed by atoms with Gasteiger partial charge in [0.15, 0.2) is 11.5 Å². The molecule has 0 aliphatic heterocycles. The summed E-state index contributed by atoms with van der Waals surface area (Å²) in [5, 5.41) is 21.8. The van der Waals surface area contributed by atoms with Crippen molar-refractivity contribution < 1.29 is 10.2 Å². The molecule has 0 fully saturated rings. The van der Waals surface area contributed by atoms with E-state index in [1.165, 1.54) is 0 Å². The van der Waals surface area contributed by atoms with Crippen LogP contribution in [0.15, 0.2) is 12.1 Å². The molecule has 1 aliphatic carbocycles. The number of phenolic OH excluding ortho intramolecular Hbond substituents is 2. The molecule has 0 spiro atoms. The minimum Gasteiger partial charge on any atom is -0.504 e. The van der Waals surface area contributed by atoms with Crippen LogP contribution in [0.25, 0.3) is 0 Å². The van der Waals surface area contributed by atoms with Crippen LogP contribution >= 0.6 is 0 Å². The quantitative estimate of drug-likeness (QED) is 0.570. The van der Waals surface area contributed by atoms with Crippen molar-refractivity contribution in [1.29, 1.82) is 0 Å². The van der Waals surface area contributed by atoms with Crippen molar-refractivity contribution in [3.8, 4) is 11.5 Å². The summed E-state index contributed by atoms with van der Waals surface area (Å²) in [6, 6.07) is 3.63. The van der Waals surface area contributed by atoms with Gasteiger partial charge in [0.25, 0.3) is 0 Å². The van der Waals surface area contributed by atoms with Crippen LogP contribution in [0, 0.1) is 0 Å². The highest BCUT2D eigenvalue weighted by Gasteiger charge is 2.22. The molecule has 3 nitrogen and oxygen atoms in total. The van der Waals surface area contributed by atoms with Gasteiger partial charge in [-0.25, -0.2) is 0 Å². The summed E-state index contributed by atoms with van der Waals surface area (Å²) in [4.78, 5) is 0. The van der Waals surface area contributed by atoms with Crippen molar-refractivity contribution in [1.82, 2.24) is 5.32 Å². The molecule has 0 heterocycles. The van der Waals surface area contributed by atoms with E-state index in [1.54, 1.807) is 12.1 Å². The van der Waals surface area contributed by atoms with Gasteiger partial charge >= 0.3 is 0 Å². The van der Waals surface area contributed by atoms with Gasteiger partial charge in [0, 0.05) is 6.04 Å². The average Bonchev–Trinajstić information content (AvgIpc) is 2.48. The second-order valence-electron chi connectivity index (χ2n) is 3.42. The Kier molecular flexibility index (Phi) is 1.88. The number of hydrogen-bond donors (Lipinski definition) is 3. The zero-order valence-corrected chi connectivity index (χ0v) is 7.54. The first kappa shape index (κ1) is 8.38. The zero-order chi connectivity index (χ0) is 9.42. The van der Waals surface area contributed by atoms with Crippen LogP contribution < -0.4 is 5.32 Å². The Hall–Kier alpha value is -1.22. The van der Waals surface area contributed by atoms with Gasteiger partial charge in [-0.15, -0.1) is 0 Å². The highest BCUT2D eigenvalue weighted by molar-refractivity contribution is 5.48. The number of hydrogen-bond acceptors (Lipinski definition) is 3. The Morgan fingerprint density at radius 2 is 2.00 bits per heavy atom. The fourth-order valence-corrected chi connectivity index (χ4v) is 1.93. The maximum Gasteiger partial charge on any atom is 0.157 e. The minimum absolute atomic E-state index is 0.0181. The van der Waals surface area contributed by atoms with Gasteiger partial charge in [0.2, 0.25) is 0 Å². The molecular weight excluding hydrogens is 166 g/mol. The predicted octanol–water partition coefficient (Wildman–Crippen LogP) is 1.30. The summed E-state index contributed by atoms with van der Waals surface area (Å²) < 4.78 is 0. The predicted molar refractivity (Wildman–Crippen MR) is 49.9 cm³/mol. The van der Waals surface area contributed by atoms with Crippen LogP contribution in [0.5, 0.6) is 11.5 Å². The van der Waals surface area contributed by atoms with Gasteiger partial charge in [-0.1, -0.05) is 0 Å². The molecule has 3 N–H and O–H groups in total. The molecule has 0 radical (unpaired) electrons. The Morgan fingerprint density at radius 1 is 1.31 bits per heavy atom. The maximum atomic E-state index is 9.32. The highest BCUT2D eigenvalue weighted by atomic mass is 16.3. The van der Waals surface area contributed by atoms with Crippen molar-refractivity contribution in [3.05, 3.63) is 23.3 Å². The van der Waals surface area contributed by atoms with Crippen LogP contribution in [0.4, 0.5) is 0 Å². The van der Waals surface area contributed by atoms with Crippen molar-refractivity contribution in [3.63, 3.8) is 0 Å². The summed E-state index contributed by atoms with van der Waals surface area (Å²) in [5.74, 6) is -0.0450. The average molecular weight is 179 g/mol. The zero-order valence-electron chi connectivity index (χ0n) is 7.54. The largest absolute Gasteiger partial charge is 0.504 e. The number of rotatable bonds is 1. The first-order valence-electron chi connectivity index (χ1n) is 4.44. The smallest absolute Gasteiger partial charge is 0.157 e. The molecule has 0 saturated heterocycles. The van der Waals surface area contributed by atoms with Gasteiger partial charge in [-0.05, 0) is 43.1 Å². The first-order valence-corrected chi connectivity index (χ1v) is 4.44. The van der Waals surface area contributed by atoms with E-state index in [4.69, 9.17) is 0 Å². The third-order valence-corrected chi connectivity index (χ3v) is 2.66. The van der Waals surface area contributed by atoms with Gasteiger partial charge < -0.3 is 15.5 Å². The molecule has 0 amide bonds. The lowest BCUT2D eigenvalue weighted by atomic mass is 10.1. The SMILES string of the molecule is CNC1CCc2cc(O)c(O)cc21. The molecule has 1 aromatic carbocycles. The topological polar surface area (TPSA) is 52.5 Å². The normalized spacial score (nSPS) is 20.2. The van der Waals surface area contributed by atoms with Crippen LogP contribution in [0.2, 0.25) is 0 Å². The number of fused-ring (bicyclic) bond motifs is 1. The standard InChI is InChI=1S/C10H13NO2/c1-11-8-3-2-6-4-9(12)10(13)5-7(6)8/h4-5,8,11-13H,2-3H2,1H3. The monoisotopic (exact) mass is 179 g/mol. The summed E-state index contributed by atoms with van der Waals surface area (Å²) in [7, 11) is 1.91. The summed E-state index contributed by atoms with van der Waals surface area (Å²) in [6.45, 7) is 0. The summed E-state index contributed by atoms with van der Waals surface area (Å²) in [5.41, 5.74) is 2.24. The summed E-state index contributed by atoms with van der Waals surface area (Å²) in [6.07, 6.45) is 2.00. The van der Waals surface area contributed by atoms with E-state index in [0.29, 0.717) is 6.04 Å². The molecule has 3 heteroatoms. The van der Waals surface area contributed by atoms with Crippen molar-refractivity contribution in [2.75, 3.05) is 7.05 Å². The van der Waals surface area contributed by atoms with Gasteiger partial charge in [0.1, 0.15) is 0 Å². The molecule has 13 heavy (non-hydrogen) atoms. The van der Waals surface area contributed by atoms with E-state index >= 15 is 0 Å². The van der Waals surface area contributed by atoms with Crippen molar-refractivity contribution in [2.45, 2.75) is 18.9 Å². The number of aromatic hydroxyl groups is 2. The first-order chi connectivity index (χ1) is 6.22. The van der Waals surface area contributed by atoms with Crippen molar-refractivity contribution in [2.24, 2.45) is 0 Å². The van der Waals surface area contributed by atoms with E-state index in [0.717, 1.165) is 24.0 Å². The molecule has 1 aliphatic rings. The number of nitrogens with one attached hydrogen (secondary N) is 1. The molecule has 1 unspecified atom stereocenters. The minimum atomic E-state index is -0.0269. The molecular formula is C10H13NO2. The number of aryl methyl sites for hydroxylation is 1. The van der Waals surface area contributed by atoms with Crippen LogP contribution in [0.3, 0.4) is 0 Å². The molecule has 1 aromatic rings. The lowest BCUT2D eigenvalue weighted by Gasteiger charge is -2.10. The van der Waals surface area contributed by atoms with E-state index in [9.17, 15) is 10.2 Å². The third-order valence-electron chi connectivity index (χ3n) is 2.66. The fraction of sp³-hybridized carbons (Fsp3) is 0.400. The Balaban J connectivity index is 2.47. The molecule has 0 saturated carbocycles. The Labute approximate surface area is 77.0 Å². The fourth-order valence-electron chi connectivity index (χ4n) is 1.93. The van der Waals surface area contributed by atoms with E-state index in [1.807, 2.05) is 7.05 Å². The van der Waals surface area contributed by atoms with Crippen LogP contribution in [0.1, 0.15) is 23.6 Å². The number of phenols is 2. The Bertz CT molecular complexity index is 336. The summed E-state index contributed by atoms with van der Waals surface area (Å²) >= 11 is 0. The number of benzene rings is 1.